The molecule has 0 aliphatic carbocycles. The molecule has 0 aliphatic rings. The van der Waals surface area contributed by atoms with Crippen molar-refractivity contribution in [3.63, 3.8) is 0 Å². The molecule has 35 heavy (non-hydrogen) atoms. The monoisotopic (exact) mass is 489 g/mol. The van der Waals surface area contributed by atoms with E-state index in [9.17, 15) is 4.79 Å². The maximum atomic E-state index is 12.7. The van der Waals surface area contributed by atoms with Crippen LogP contribution in [0.15, 0.2) is 59.9 Å². The fourth-order valence-electron chi connectivity index (χ4n) is 3.81. The standard InChI is InChI=1S/C26H31N7OS/c1-18(2)22-12-10-21(11-13-22)8-6-16-32-24(14-15-27-32)28-25(34)17-35-26-29-30-31-33(26)23-9-5-7-19(3)20(23)4/h5,7,9-15,18H,6,8,16-17H2,1-4H3,(H,28,34). The summed E-state index contributed by atoms with van der Waals surface area (Å²) in [7, 11) is 0. The first-order valence-corrected chi connectivity index (χ1v) is 12.8. The number of tetrazole rings is 1. The molecular weight excluding hydrogens is 458 g/mol. The third kappa shape index (κ3) is 6.16. The maximum absolute atomic E-state index is 12.7. The van der Waals surface area contributed by atoms with E-state index in [1.165, 1.54) is 22.9 Å². The van der Waals surface area contributed by atoms with Crippen molar-refractivity contribution in [3.8, 4) is 5.69 Å². The van der Waals surface area contributed by atoms with E-state index in [1.807, 2.05) is 29.8 Å². The molecule has 9 heteroatoms. The molecule has 1 amide bonds. The van der Waals surface area contributed by atoms with Gasteiger partial charge in [-0.2, -0.15) is 9.78 Å². The molecule has 1 N–H and O–H groups in total. The second-order valence-corrected chi connectivity index (χ2v) is 9.81. The quantitative estimate of drug-likeness (QED) is 0.317. The molecule has 0 unspecified atom stereocenters. The Balaban J connectivity index is 1.30. The van der Waals surface area contributed by atoms with Gasteiger partial charge in [-0.05, 0) is 71.4 Å². The number of nitrogens with zero attached hydrogens (tertiary/aromatic N) is 6. The molecule has 0 fully saturated rings. The molecule has 0 aliphatic heterocycles. The molecule has 0 saturated carbocycles. The highest BCUT2D eigenvalue weighted by Crippen LogP contribution is 2.22. The number of anilines is 1. The van der Waals surface area contributed by atoms with Crippen molar-refractivity contribution in [1.82, 2.24) is 30.0 Å². The SMILES string of the molecule is Cc1cccc(-n2nnnc2SCC(=O)Nc2ccnn2CCCc2ccc(C(C)C)cc2)c1C. The van der Waals surface area contributed by atoms with E-state index in [0.717, 1.165) is 36.2 Å². The van der Waals surface area contributed by atoms with E-state index in [2.05, 4.69) is 77.0 Å². The Morgan fingerprint density at radius 3 is 2.66 bits per heavy atom. The molecule has 0 atom stereocenters. The molecule has 2 aromatic heterocycles. The Kier molecular flexibility index (Phi) is 7.97. The molecule has 0 radical (unpaired) electrons. The summed E-state index contributed by atoms with van der Waals surface area (Å²) in [5.74, 6) is 1.30. The summed E-state index contributed by atoms with van der Waals surface area (Å²) in [6.45, 7) is 9.22. The Bertz CT molecular complexity index is 1280. The average Bonchev–Trinajstić information content (AvgIpc) is 3.49. The van der Waals surface area contributed by atoms with Crippen LogP contribution >= 0.6 is 11.8 Å². The summed E-state index contributed by atoms with van der Waals surface area (Å²) in [5.41, 5.74) is 5.84. The predicted molar refractivity (Wildman–Crippen MR) is 139 cm³/mol. The zero-order valence-electron chi connectivity index (χ0n) is 20.6. The number of benzene rings is 2. The molecule has 4 aromatic rings. The molecule has 0 spiro atoms. The molecule has 2 heterocycles. The summed E-state index contributed by atoms with van der Waals surface area (Å²) >= 11 is 1.30. The van der Waals surface area contributed by atoms with E-state index in [4.69, 9.17) is 0 Å². The van der Waals surface area contributed by atoms with Crippen LogP contribution in [0.4, 0.5) is 5.82 Å². The van der Waals surface area contributed by atoms with Crippen LogP contribution in [0.1, 0.15) is 48.4 Å². The number of amides is 1. The summed E-state index contributed by atoms with van der Waals surface area (Å²) in [4.78, 5) is 12.7. The van der Waals surface area contributed by atoms with Gasteiger partial charge in [-0.25, -0.2) is 4.68 Å². The summed E-state index contributed by atoms with van der Waals surface area (Å²) < 4.78 is 3.52. The number of aryl methyl sites for hydroxylation is 3. The minimum Gasteiger partial charge on any atom is -0.310 e. The van der Waals surface area contributed by atoms with Gasteiger partial charge >= 0.3 is 0 Å². The zero-order chi connectivity index (χ0) is 24.8. The molecule has 2 aromatic carbocycles. The number of nitrogens with one attached hydrogen (secondary N) is 1. The smallest absolute Gasteiger partial charge is 0.235 e. The lowest BCUT2D eigenvalue weighted by molar-refractivity contribution is -0.113. The lowest BCUT2D eigenvalue weighted by atomic mass is 10.0. The van der Waals surface area contributed by atoms with Gasteiger partial charge in [0, 0.05) is 12.6 Å². The summed E-state index contributed by atoms with van der Waals surface area (Å²) in [6, 6.07) is 16.6. The number of hydrogen-bond acceptors (Lipinski definition) is 6. The molecule has 0 saturated heterocycles. The lowest BCUT2D eigenvalue weighted by Crippen LogP contribution is -2.18. The molecule has 4 rings (SSSR count). The van der Waals surface area contributed by atoms with Crippen LogP contribution in [0, 0.1) is 13.8 Å². The first-order chi connectivity index (χ1) is 16.9. The highest BCUT2D eigenvalue weighted by molar-refractivity contribution is 7.99. The Labute approximate surface area is 210 Å². The van der Waals surface area contributed by atoms with Gasteiger partial charge in [-0.1, -0.05) is 62.0 Å². The highest BCUT2D eigenvalue weighted by Gasteiger charge is 2.15. The number of hydrogen-bond donors (Lipinski definition) is 1. The third-order valence-corrected chi connectivity index (χ3v) is 6.96. The lowest BCUT2D eigenvalue weighted by Gasteiger charge is -2.11. The maximum Gasteiger partial charge on any atom is 0.235 e. The zero-order valence-corrected chi connectivity index (χ0v) is 21.4. The number of carbonyl (C=O) groups is 1. The summed E-state index contributed by atoms with van der Waals surface area (Å²) in [5, 5.41) is 19.9. The number of carbonyl (C=O) groups excluding carboxylic acids is 1. The highest BCUT2D eigenvalue weighted by atomic mass is 32.2. The molecule has 0 bridgehead atoms. The van der Waals surface area contributed by atoms with Crippen molar-refractivity contribution in [1.29, 1.82) is 0 Å². The predicted octanol–water partition coefficient (Wildman–Crippen LogP) is 4.96. The van der Waals surface area contributed by atoms with Gasteiger partial charge in [0.05, 0.1) is 17.6 Å². The fraction of sp³-hybridized carbons (Fsp3) is 0.346. The van der Waals surface area contributed by atoms with E-state index in [-0.39, 0.29) is 11.7 Å². The van der Waals surface area contributed by atoms with E-state index in [1.54, 1.807) is 10.9 Å². The van der Waals surface area contributed by atoms with Crippen LogP contribution in [0.2, 0.25) is 0 Å². The molecule has 182 valence electrons. The van der Waals surface area contributed by atoms with Crippen molar-refractivity contribution in [3.05, 3.63) is 77.0 Å². The van der Waals surface area contributed by atoms with Gasteiger partial charge in [0.15, 0.2) is 0 Å². The molecular formula is C26H31N7OS. The van der Waals surface area contributed by atoms with Gasteiger partial charge < -0.3 is 5.32 Å². The van der Waals surface area contributed by atoms with Gasteiger partial charge in [-0.15, -0.1) is 5.10 Å². The Hall–Kier alpha value is -3.46. The second kappa shape index (κ2) is 11.3. The normalized spacial score (nSPS) is 11.2. The first-order valence-electron chi connectivity index (χ1n) is 11.8. The van der Waals surface area contributed by atoms with Crippen LogP contribution in [0.3, 0.4) is 0 Å². The van der Waals surface area contributed by atoms with Crippen molar-refractivity contribution in [2.24, 2.45) is 0 Å². The molecule has 8 nitrogen and oxygen atoms in total. The van der Waals surface area contributed by atoms with Crippen LogP contribution in [-0.2, 0) is 17.8 Å². The van der Waals surface area contributed by atoms with Crippen molar-refractivity contribution >= 4 is 23.5 Å². The first kappa shape index (κ1) is 24.7. The van der Waals surface area contributed by atoms with E-state index in [0.29, 0.717) is 16.9 Å². The largest absolute Gasteiger partial charge is 0.310 e. The summed E-state index contributed by atoms with van der Waals surface area (Å²) in [6.07, 6.45) is 3.61. The van der Waals surface area contributed by atoms with Gasteiger partial charge in [0.1, 0.15) is 5.82 Å². The van der Waals surface area contributed by atoms with Crippen LogP contribution in [0.25, 0.3) is 5.69 Å². The minimum atomic E-state index is -0.128. The fourth-order valence-corrected chi connectivity index (χ4v) is 4.50. The van der Waals surface area contributed by atoms with Crippen molar-refractivity contribution in [2.45, 2.75) is 58.2 Å². The van der Waals surface area contributed by atoms with E-state index >= 15 is 0 Å². The number of thioether (sulfide) groups is 1. The van der Waals surface area contributed by atoms with Crippen molar-refractivity contribution in [2.75, 3.05) is 11.1 Å². The topological polar surface area (TPSA) is 90.5 Å². The minimum absolute atomic E-state index is 0.128. The van der Waals surface area contributed by atoms with Crippen LogP contribution < -0.4 is 5.32 Å². The van der Waals surface area contributed by atoms with Crippen LogP contribution in [0.5, 0.6) is 0 Å². The van der Waals surface area contributed by atoms with E-state index < -0.39 is 0 Å². The van der Waals surface area contributed by atoms with Gasteiger partial charge in [0.25, 0.3) is 0 Å². The average molecular weight is 490 g/mol. The Morgan fingerprint density at radius 1 is 1.09 bits per heavy atom. The number of rotatable bonds is 10. The Morgan fingerprint density at radius 2 is 1.89 bits per heavy atom. The van der Waals surface area contributed by atoms with Gasteiger partial charge in [-0.3, -0.25) is 4.79 Å². The van der Waals surface area contributed by atoms with Crippen molar-refractivity contribution < 1.29 is 4.79 Å². The second-order valence-electron chi connectivity index (χ2n) is 8.87. The van der Waals surface area contributed by atoms with Crippen LogP contribution in [-0.4, -0.2) is 41.6 Å². The van der Waals surface area contributed by atoms with Gasteiger partial charge in [0.2, 0.25) is 11.1 Å². The number of aromatic nitrogens is 6. The third-order valence-electron chi connectivity index (χ3n) is 6.04.